The van der Waals surface area contributed by atoms with Crippen LogP contribution in [0.1, 0.15) is 0 Å². The molecule has 0 aliphatic heterocycles. The number of hydrogen-bond donors (Lipinski definition) is 3. The largest absolute Gasteiger partial charge is 0.495 e. The zero-order valence-electron chi connectivity index (χ0n) is 14.2. The zero-order valence-corrected chi connectivity index (χ0v) is 15.0. The van der Waals surface area contributed by atoms with Crippen LogP contribution in [0.5, 0.6) is 11.5 Å². The lowest BCUT2D eigenvalue weighted by atomic mass is 10.3. The standard InChI is InChI=1S/C16H13F2N3O6S/c1-26-12-6-10-11(20-15(23)14(22)19-10)7-13(12)28(24,25)21-8-2-4-9(5-3-8)27-16(17)18/h2-7,16,21H,1H3,(H,19,22)(H,20,23). The zero-order chi connectivity index (χ0) is 20.5. The molecular formula is C16H13F2N3O6S. The highest BCUT2D eigenvalue weighted by Gasteiger charge is 2.21. The molecule has 12 heteroatoms. The number of halogens is 2. The van der Waals surface area contributed by atoms with Crippen molar-refractivity contribution in [2.24, 2.45) is 0 Å². The van der Waals surface area contributed by atoms with Gasteiger partial charge in [0.2, 0.25) is 0 Å². The van der Waals surface area contributed by atoms with Gasteiger partial charge >= 0.3 is 17.7 Å². The normalized spacial score (nSPS) is 11.6. The third-order valence-electron chi connectivity index (χ3n) is 3.63. The first-order valence-electron chi connectivity index (χ1n) is 7.61. The van der Waals surface area contributed by atoms with Crippen LogP contribution < -0.4 is 25.3 Å². The summed E-state index contributed by atoms with van der Waals surface area (Å²) in [4.78, 5) is 27.2. The summed E-state index contributed by atoms with van der Waals surface area (Å²) in [7, 11) is -2.95. The number of ether oxygens (including phenoxy) is 2. The van der Waals surface area contributed by atoms with E-state index in [-0.39, 0.29) is 33.1 Å². The summed E-state index contributed by atoms with van der Waals surface area (Å²) < 4.78 is 61.4. The van der Waals surface area contributed by atoms with Gasteiger partial charge in [0.15, 0.2) is 0 Å². The van der Waals surface area contributed by atoms with E-state index in [1.807, 2.05) is 0 Å². The van der Waals surface area contributed by atoms with Crippen LogP contribution in [0.3, 0.4) is 0 Å². The van der Waals surface area contributed by atoms with Gasteiger partial charge in [-0.05, 0) is 30.3 Å². The number of aromatic amines is 2. The predicted molar refractivity (Wildman–Crippen MR) is 95.6 cm³/mol. The number of anilines is 1. The lowest BCUT2D eigenvalue weighted by molar-refractivity contribution is -0.0498. The number of rotatable bonds is 6. The Morgan fingerprint density at radius 1 is 1.00 bits per heavy atom. The predicted octanol–water partition coefficient (Wildman–Crippen LogP) is 1.63. The van der Waals surface area contributed by atoms with E-state index in [1.165, 1.54) is 37.4 Å². The van der Waals surface area contributed by atoms with E-state index >= 15 is 0 Å². The molecular weight excluding hydrogens is 400 g/mol. The van der Waals surface area contributed by atoms with E-state index < -0.39 is 27.8 Å². The van der Waals surface area contributed by atoms with Gasteiger partial charge in [0.25, 0.3) is 10.0 Å². The van der Waals surface area contributed by atoms with E-state index in [0.29, 0.717) is 0 Å². The Hall–Kier alpha value is -3.41. The fraction of sp³-hybridized carbons (Fsp3) is 0.125. The summed E-state index contributed by atoms with van der Waals surface area (Å²) in [6.45, 7) is -3.00. The van der Waals surface area contributed by atoms with E-state index in [1.54, 1.807) is 0 Å². The molecule has 3 rings (SSSR count). The molecule has 0 bridgehead atoms. The number of hydrogen-bond acceptors (Lipinski definition) is 6. The van der Waals surface area contributed by atoms with Crippen LogP contribution >= 0.6 is 0 Å². The topological polar surface area (TPSA) is 130 Å². The molecule has 0 unspecified atom stereocenters. The van der Waals surface area contributed by atoms with E-state index in [4.69, 9.17) is 4.74 Å². The summed E-state index contributed by atoms with van der Waals surface area (Å²) in [5, 5.41) is 0. The molecule has 0 saturated heterocycles. The molecule has 2 aromatic carbocycles. The molecule has 3 N–H and O–H groups in total. The second kappa shape index (κ2) is 7.31. The average Bonchev–Trinajstić information content (AvgIpc) is 2.62. The van der Waals surface area contributed by atoms with Crippen molar-refractivity contribution < 1.29 is 26.7 Å². The summed E-state index contributed by atoms with van der Waals surface area (Å²) in [5.74, 6) is -0.219. The second-order valence-electron chi connectivity index (χ2n) is 5.47. The molecule has 148 valence electrons. The Balaban J connectivity index is 2.00. The second-order valence-corrected chi connectivity index (χ2v) is 7.12. The van der Waals surface area contributed by atoms with Gasteiger partial charge in [-0.1, -0.05) is 0 Å². The van der Waals surface area contributed by atoms with Gasteiger partial charge in [-0.3, -0.25) is 14.3 Å². The van der Waals surface area contributed by atoms with Crippen molar-refractivity contribution in [1.29, 1.82) is 0 Å². The molecule has 0 fully saturated rings. The molecule has 0 saturated carbocycles. The van der Waals surface area contributed by atoms with Crippen LogP contribution in [-0.4, -0.2) is 32.1 Å². The fourth-order valence-electron chi connectivity index (χ4n) is 2.41. The number of sulfonamides is 1. The number of aromatic nitrogens is 2. The van der Waals surface area contributed by atoms with Gasteiger partial charge in [-0.15, -0.1) is 0 Å². The maximum Gasteiger partial charge on any atom is 0.387 e. The first-order valence-corrected chi connectivity index (χ1v) is 9.10. The minimum atomic E-state index is -4.18. The number of benzene rings is 2. The Morgan fingerprint density at radius 3 is 2.11 bits per heavy atom. The number of nitrogens with one attached hydrogen (secondary N) is 3. The summed E-state index contributed by atoms with van der Waals surface area (Å²) in [6, 6.07) is 7.20. The summed E-state index contributed by atoms with van der Waals surface area (Å²) >= 11 is 0. The van der Waals surface area contributed by atoms with Gasteiger partial charge in [0.1, 0.15) is 16.4 Å². The first kappa shape index (κ1) is 19.4. The molecule has 3 aromatic rings. The Kier molecular flexibility index (Phi) is 5.05. The van der Waals surface area contributed by atoms with Crippen molar-refractivity contribution in [3.05, 3.63) is 57.1 Å². The minimum Gasteiger partial charge on any atom is -0.495 e. The molecule has 9 nitrogen and oxygen atoms in total. The SMILES string of the molecule is COc1cc2[nH]c(=O)c(=O)[nH]c2cc1S(=O)(=O)Nc1ccc(OC(F)F)cc1. The van der Waals surface area contributed by atoms with Gasteiger partial charge in [0.05, 0.1) is 18.1 Å². The molecule has 0 spiro atoms. The molecule has 28 heavy (non-hydrogen) atoms. The van der Waals surface area contributed by atoms with E-state index in [2.05, 4.69) is 19.4 Å². The van der Waals surface area contributed by atoms with Crippen LogP contribution in [0.2, 0.25) is 0 Å². The molecule has 1 aromatic heterocycles. The molecule has 0 atom stereocenters. The molecule has 0 aliphatic rings. The van der Waals surface area contributed by atoms with Gasteiger partial charge < -0.3 is 19.4 Å². The third-order valence-corrected chi connectivity index (χ3v) is 5.03. The molecule has 1 heterocycles. The average molecular weight is 413 g/mol. The minimum absolute atomic E-state index is 0.0754. The van der Waals surface area contributed by atoms with Crippen molar-refractivity contribution >= 4 is 26.7 Å². The Bertz CT molecular complexity index is 1240. The van der Waals surface area contributed by atoms with Crippen LogP contribution in [0.25, 0.3) is 11.0 Å². The van der Waals surface area contributed by atoms with E-state index in [0.717, 1.165) is 6.07 Å². The van der Waals surface area contributed by atoms with Gasteiger partial charge in [-0.2, -0.15) is 8.78 Å². The highest BCUT2D eigenvalue weighted by Crippen LogP contribution is 2.29. The van der Waals surface area contributed by atoms with Crippen LogP contribution in [-0.2, 0) is 10.0 Å². The maximum absolute atomic E-state index is 12.7. The lowest BCUT2D eigenvalue weighted by Gasteiger charge is -2.13. The highest BCUT2D eigenvalue weighted by atomic mass is 32.2. The maximum atomic E-state index is 12.7. The number of methoxy groups -OCH3 is 1. The van der Waals surface area contributed by atoms with Crippen molar-refractivity contribution in [3.8, 4) is 11.5 Å². The van der Waals surface area contributed by atoms with Crippen molar-refractivity contribution in [2.45, 2.75) is 11.5 Å². The number of H-pyrrole nitrogens is 2. The van der Waals surface area contributed by atoms with Crippen LogP contribution in [0.4, 0.5) is 14.5 Å². The van der Waals surface area contributed by atoms with Gasteiger partial charge in [-0.25, -0.2) is 8.42 Å². The fourth-order valence-corrected chi connectivity index (χ4v) is 3.65. The number of fused-ring (bicyclic) bond motifs is 1. The van der Waals surface area contributed by atoms with E-state index in [9.17, 15) is 26.8 Å². The monoisotopic (exact) mass is 413 g/mol. The third kappa shape index (κ3) is 3.96. The van der Waals surface area contributed by atoms with Crippen molar-refractivity contribution in [2.75, 3.05) is 11.8 Å². The van der Waals surface area contributed by atoms with Crippen LogP contribution in [0, 0.1) is 0 Å². The lowest BCUT2D eigenvalue weighted by Crippen LogP contribution is -2.29. The smallest absolute Gasteiger partial charge is 0.387 e. The Morgan fingerprint density at radius 2 is 1.57 bits per heavy atom. The summed E-state index contributed by atoms with van der Waals surface area (Å²) in [6.07, 6.45) is 0. The van der Waals surface area contributed by atoms with Crippen molar-refractivity contribution in [1.82, 2.24) is 9.97 Å². The molecule has 0 aliphatic carbocycles. The number of alkyl halides is 2. The summed E-state index contributed by atoms with van der Waals surface area (Å²) in [5.41, 5.74) is -1.50. The molecule has 0 radical (unpaired) electrons. The van der Waals surface area contributed by atoms with Gasteiger partial charge in [0, 0.05) is 11.8 Å². The Labute approximate surface area is 156 Å². The van der Waals surface area contributed by atoms with Crippen molar-refractivity contribution in [3.63, 3.8) is 0 Å². The molecule has 0 amide bonds. The highest BCUT2D eigenvalue weighted by molar-refractivity contribution is 7.92. The first-order chi connectivity index (χ1) is 13.2. The quantitative estimate of drug-likeness (QED) is 0.527. The van der Waals surface area contributed by atoms with Crippen LogP contribution in [0.15, 0.2) is 50.9 Å².